The van der Waals surface area contributed by atoms with Crippen LogP contribution >= 0.6 is 0 Å². The van der Waals surface area contributed by atoms with Gasteiger partial charge in [0, 0.05) is 6.20 Å². The number of nitrogens with zero attached hydrogens (tertiary/aromatic N) is 4. The molecule has 0 unspecified atom stereocenters. The van der Waals surface area contributed by atoms with E-state index in [9.17, 15) is 13.2 Å². The Morgan fingerprint density at radius 3 is 2.62 bits per heavy atom. The minimum absolute atomic E-state index is 0.0356. The largest absolute Gasteiger partial charge is 0.435 e. The van der Waals surface area contributed by atoms with E-state index < -0.39 is 17.6 Å². The van der Waals surface area contributed by atoms with Crippen molar-refractivity contribution in [2.24, 2.45) is 0 Å². The summed E-state index contributed by atoms with van der Waals surface area (Å²) in [5.74, 6) is -0.0356. The highest BCUT2D eigenvalue weighted by atomic mass is 19.4. The van der Waals surface area contributed by atoms with Crippen LogP contribution in [0.2, 0.25) is 0 Å². The summed E-state index contributed by atoms with van der Waals surface area (Å²) >= 11 is 0. The van der Waals surface area contributed by atoms with E-state index in [0.717, 1.165) is 6.20 Å². The number of hydrogen-bond acceptors (Lipinski definition) is 4. The molecule has 2 N–H and O–H groups in total. The number of nitrogens with two attached hydrogens (primary N) is 1. The Hall–Kier alpha value is -2.12. The summed E-state index contributed by atoms with van der Waals surface area (Å²) in [6.07, 6.45) is -2.31. The van der Waals surface area contributed by atoms with Crippen LogP contribution in [0.15, 0.2) is 24.5 Å². The van der Waals surface area contributed by atoms with E-state index in [1.54, 1.807) is 0 Å². The lowest BCUT2D eigenvalue weighted by Gasteiger charge is -2.09. The van der Waals surface area contributed by atoms with Gasteiger partial charge in [0.05, 0.1) is 11.9 Å². The van der Waals surface area contributed by atoms with Gasteiger partial charge in [0.15, 0.2) is 11.5 Å². The van der Waals surface area contributed by atoms with Gasteiger partial charge in [0.2, 0.25) is 0 Å². The number of alkyl halides is 3. The predicted molar refractivity (Wildman–Crippen MR) is 48.6 cm³/mol. The van der Waals surface area contributed by atoms with E-state index in [0.29, 0.717) is 4.68 Å². The van der Waals surface area contributed by atoms with E-state index in [-0.39, 0.29) is 5.82 Å². The highest BCUT2D eigenvalue weighted by molar-refractivity contribution is 5.45. The maximum absolute atomic E-state index is 12.6. The van der Waals surface area contributed by atoms with Crippen molar-refractivity contribution in [3.05, 3.63) is 30.2 Å². The highest BCUT2D eigenvalue weighted by Gasteiger charge is 2.38. The Balaban J connectivity index is 2.60. The molecule has 0 aliphatic rings. The molecule has 0 aliphatic heterocycles. The van der Waals surface area contributed by atoms with Gasteiger partial charge in [-0.15, -0.1) is 5.10 Å². The van der Waals surface area contributed by atoms with Crippen molar-refractivity contribution in [1.82, 2.24) is 20.0 Å². The molecule has 0 aromatic carbocycles. The Kier molecular flexibility index (Phi) is 2.26. The lowest BCUT2D eigenvalue weighted by atomic mass is 10.3. The van der Waals surface area contributed by atoms with Crippen LogP contribution in [0.1, 0.15) is 5.69 Å². The first-order valence-electron chi connectivity index (χ1n) is 4.19. The highest BCUT2D eigenvalue weighted by Crippen LogP contribution is 2.34. The van der Waals surface area contributed by atoms with Crippen molar-refractivity contribution in [1.29, 1.82) is 0 Å². The SMILES string of the molecule is Nc1cnn(-c2cccnn2)c1C(F)(F)F. The van der Waals surface area contributed by atoms with Gasteiger partial charge in [-0.3, -0.25) is 0 Å². The maximum atomic E-state index is 12.6. The molecule has 8 heteroatoms. The second-order valence-electron chi connectivity index (χ2n) is 2.94. The molecular weight excluding hydrogens is 223 g/mol. The van der Waals surface area contributed by atoms with Crippen LogP contribution in [0, 0.1) is 0 Å². The molecule has 84 valence electrons. The van der Waals surface area contributed by atoms with E-state index in [1.165, 1.54) is 18.3 Å². The van der Waals surface area contributed by atoms with Crippen molar-refractivity contribution >= 4 is 5.69 Å². The second kappa shape index (κ2) is 3.47. The van der Waals surface area contributed by atoms with E-state index in [2.05, 4.69) is 15.3 Å². The number of halogens is 3. The molecule has 0 fully saturated rings. The molecule has 2 rings (SSSR count). The van der Waals surface area contributed by atoms with Crippen molar-refractivity contribution in [3.63, 3.8) is 0 Å². The fourth-order valence-electron chi connectivity index (χ4n) is 1.22. The lowest BCUT2D eigenvalue weighted by molar-refractivity contribution is -0.142. The van der Waals surface area contributed by atoms with E-state index >= 15 is 0 Å². The Labute approximate surface area is 87.7 Å². The summed E-state index contributed by atoms with van der Waals surface area (Å²) in [4.78, 5) is 0. The number of aromatic nitrogens is 4. The van der Waals surface area contributed by atoms with E-state index in [4.69, 9.17) is 5.73 Å². The molecule has 2 aromatic heterocycles. The summed E-state index contributed by atoms with van der Waals surface area (Å²) in [7, 11) is 0. The fraction of sp³-hybridized carbons (Fsp3) is 0.125. The van der Waals surface area contributed by atoms with Crippen molar-refractivity contribution in [3.8, 4) is 5.82 Å². The molecular formula is C8H6F3N5. The van der Waals surface area contributed by atoms with E-state index in [1.807, 2.05) is 0 Å². The minimum atomic E-state index is -4.59. The normalized spacial score (nSPS) is 11.7. The third-order valence-electron chi connectivity index (χ3n) is 1.84. The minimum Gasteiger partial charge on any atom is -0.396 e. The topological polar surface area (TPSA) is 69.6 Å². The van der Waals surface area contributed by atoms with Crippen molar-refractivity contribution in [2.75, 3.05) is 5.73 Å². The van der Waals surface area contributed by atoms with Gasteiger partial charge < -0.3 is 5.73 Å². The average molecular weight is 229 g/mol. The quantitative estimate of drug-likeness (QED) is 0.799. The number of rotatable bonds is 1. The zero-order chi connectivity index (χ0) is 11.8. The molecule has 0 amide bonds. The van der Waals surface area contributed by atoms with Gasteiger partial charge in [-0.1, -0.05) is 0 Å². The molecule has 0 radical (unpaired) electrons. The molecule has 2 aromatic rings. The standard InChI is InChI=1S/C8H6F3N5/c9-8(10,11)7-5(12)4-14-16(7)6-2-1-3-13-15-6/h1-4H,12H2. The fourth-order valence-corrected chi connectivity index (χ4v) is 1.22. The van der Waals surface area contributed by atoms with Crippen LogP contribution in [0.3, 0.4) is 0 Å². The van der Waals surface area contributed by atoms with Crippen LogP contribution < -0.4 is 5.73 Å². The molecule has 0 aliphatic carbocycles. The zero-order valence-electron chi connectivity index (χ0n) is 7.81. The second-order valence-corrected chi connectivity index (χ2v) is 2.94. The van der Waals surface area contributed by atoms with Crippen LogP contribution in [-0.2, 0) is 6.18 Å². The molecule has 5 nitrogen and oxygen atoms in total. The summed E-state index contributed by atoms with van der Waals surface area (Å²) < 4.78 is 38.5. The van der Waals surface area contributed by atoms with Crippen LogP contribution in [0.5, 0.6) is 0 Å². The maximum Gasteiger partial charge on any atom is 0.435 e. The lowest BCUT2D eigenvalue weighted by Crippen LogP contribution is -2.16. The van der Waals surface area contributed by atoms with Gasteiger partial charge in [0.25, 0.3) is 0 Å². The average Bonchev–Trinajstić information content (AvgIpc) is 2.61. The molecule has 16 heavy (non-hydrogen) atoms. The molecule has 0 bridgehead atoms. The van der Waals surface area contributed by atoms with Gasteiger partial charge in [0.1, 0.15) is 0 Å². The smallest absolute Gasteiger partial charge is 0.396 e. The number of anilines is 1. The first-order chi connectivity index (χ1) is 7.50. The summed E-state index contributed by atoms with van der Waals surface area (Å²) in [5, 5.41) is 10.5. The molecule has 0 atom stereocenters. The molecule has 0 saturated heterocycles. The first-order valence-corrected chi connectivity index (χ1v) is 4.19. The van der Waals surface area contributed by atoms with Crippen LogP contribution in [0.25, 0.3) is 5.82 Å². The Morgan fingerprint density at radius 1 is 1.31 bits per heavy atom. The number of nitrogen functional groups attached to an aromatic ring is 1. The monoisotopic (exact) mass is 229 g/mol. The first kappa shape index (κ1) is 10.4. The zero-order valence-corrected chi connectivity index (χ0v) is 7.81. The van der Waals surface area contributed by atoms with Crippen molar-refractivity contribution < 1.29 is 13.2 Å². The third kappa shape index (κ3) is 1.69. The van der Waals surface area contributed by atoms with Crippen molar-refractivity contribution in [2.45, 2.75) is 6.18 Å². The molecule has 2 heterocycles. The third-order valence-corrected chi connectivity index (χ3v) is 1.84. The van der Waals surface area contributed by atoms with Gasteiger partial charge in [-0.05, 0) is 12.1 Å². The summed E-state index contributed by atoms with van der Waals surface area (Å²) in [6.45, 7) is 0. The van der Waals surface area contributed by atoms with Gasteiger partial charge in [-0.25, -0.2) is 4.68 Å². The Morgan fingerprint density at radius 2 is 2.06 bits per heavy atom. The van der Waals surface area contributed by atoms with Gasteiger partial charge >= 0.3 is 6.18 Å². The van der Waals surface area contributed by atoms with Crippen LogP contribution in [-0.4, -0.2) is 20.0 Å². The predicted octanol–water partition coefficient (Wildman–Crippen LogP) is 1.26. The molecule has 0 saturated carbocycles. The summed E-state index contributed by atoms with van der Waals surface area (Å²) in [6, 6.07) is 2.81. The summed E-state index contributed by atoms with van der Waals surface area (Å²) in [5.41, 5.74) is 3.72. The van der Waals surface area contributed by atoms with Crippen LogP contribution in [0.4, 0.5) is 18.9 Å². The molecule has 0 spiro atoms. The number of hydrogen-bond donors (Lipinski definition) is 1. The van der Waals surface area contributed by atoms with Gasteiger partial charge in [-0.2, -0.15) is 23.4 Å². The Bertz CT molecular complexity index is 490.